The van der Waals surface area contributed by atoms with Crippen LogP contribution in [0.1, 0.15) is 26.7 Å². The van der Waals surface area contributed by atoms with Gasteiger partial charge in [-0.05, 0) is 24.7 Å². The molecule has 1 fully saturated rings. The highest BCUT2D eigenvalue weighted by Gasteiger charge is 2.25. The molecule has 0 bridgehead atoms. The average Bonchev–Trinajstić information content (AvgIpc) is 2.17. The summed E-state index contributed by atoms with van der Waals surface area (Å²) in [7, 11) is 1.45. The van der Waals surface area contributed by atoms with E-state index in [9.17, 15) is 4.79 Å². The maximum Gasteiger partial charge on any atom is 0.409 e. The second-order valence-corrected chi connectivity index (χ2v) is 4.06. The lowest BCUT2D eigenvalue weighted by atomic mass is 9.88. The van der Waals surface area contributed by atoms with E-state index in [2.05, 4.69) is 13.8 Å². The summed E-state index contributed by atoms with van der Waals surface area (Å²) in [6, 6.07) is 0. The largest absolute Gasteiger partial charge is 0.453 e. The van der Waals surface area contributed by atoms with Crippen molar-refractivity contribution in [1.82, 2.24) is 4.90 Å². The highest BCUT2D eigenvalue weighted by Crippen LogP contribution is 2.23. The minimum Gasteiger partial charge on any atom is -0.453 e. The van der Waals surface area contributed by atoms with Gasteiger partial charge in [0.1, 0.15) is 0 Å². The van der Waals surface area contributed by atoms with Crippen LogP contribution < -0.4 is 0 Å². The SMILES string of the molecule is COC(=O)N1CCC[C@@H](C(C)C)C1. The van der Waals surface area contributed by atoms with Gasteiger partial charge in [-0.3, -0.25) is 0 Å². The Balaban J connectivity index is 2.46. The second kappa shape index (κ2) is 4.49. The van der Waals surface area contributed by atoms with Gasteiger partial charge in [-0.1, -0.05) is 13.8 Å². The number of rotatable bonds is 1. The van der Waals surface area contributed by atoms with Crippen molar-refractivity contribution >= 4 is 6.09 Å². The number of carbonyl (C=O) groups is 1. The highest BCUT2D eigenvalue weighted by atomic mass is 16.5. The van der Waals surface area contributed by atoms with Gasteiger partial charge in [0.25, 0.3) is 0 Å². The number of nitrogens with zero attached hydrogens (tertiary/aromatic N) is 1. The van der Waals surface area contributed by atoms with E-state index in [1.54, 1.807) is 0 Å². The van der Waals surface area contributed by atoms with E-state index in [1.807, 2.05) is 4.90 Å². The fraction of sp³-hybridized carbons (Fsp3) is 0.900. The van der Waals surface area contributed by atoms with Gasteiger partial charge in [0.2, 0.25) is 0 Å². The normalized spacial score (nSPS) is 23.4. The van der Waals surface area contributed by atoms with E-state index in [0.29, 0.717) is 11.8 Å². The molecule has 0 N–H and O–H groups in total. The molecular formula is C10H19NO2. The first kappa shape index (κ1) is 10.4. The number of methoxy groups -OCH3 is 1. The van der Waals surface area contributed by atoms with Crippen molar-refractivity contribution < 1.29 is 9.53 Å². The lowest BCUT2D eigenvalue weighted by Crippen LogP contribution is -2.41. The van der Waals surface area contributed by atoms with Gasteiger partial charge in [0.15, 0.2) is 0 Å². The van der Waals surface area contributed by atoms with E-state index in [-0.39, 0.29) is 6.09 Å². The van der Waals surface area contributed by atoms with Crippen molar-refractivity contribution in [1.29, 1.82) is 0 Å². The summed E-state index contributed by atoms with van der Waals surface area (Å²) >= 11 is 0. The van der Waals surface area contributed by atoms with Gasteiger partial charge in [0.05, 0.1) is 7.11 Å². The van der Waals surface area contributed by atoms with E-state index in [0.717, 1.165) is 19.5 Å². The van der Waals surface area contributed by atoms with Gasteiger partial charge in [-0.2, -0.15) is 0 Å². The molecule has 1 heterocycles. The Kier molecular flexibility index (Phi) is 3.58. The zero-order valence-electron chi connectivity index (χ0n) is 8.75. The number of piperidine rings is 1. The van der Waals surface area contributed by atoms with Crippen LogP contribution in [-0.4, -0.2) is 31.2 Å². The lowest BCUT2D eigenvalue weighted by molar-refractivity contribution is 0.0936. The number of ether oxygens (including phenoxy) is 1. The summed E-state index contributed by atoms with van der Waals surface area (Å²) in [4.78, 5) is 13.1. The predicted molar refractivity (Wildman–Crippen MR) is 51.5 cm³/mol. The third kappa shape index (κ3) is 2.61. The van der Waals surface area contributed by atoms with Gasteiger partial charge < -0.3 is 9.64 Å². The fourth-order valence-electron chi connectivity index (χ4n) is 1.85. The third-order valence-corrected chi connectivity index (χ3v) is 2.83. The van der Waals surface area contributed by atoms with E-state index >= 15 is 0 Å². The molecule has 0 aromatic carbocycles. The van der Waals surface area contributed by atoms with Crippen molar-refractivity contribution in [2.75, 3.05) is 20.2 Å². The molecule has 1 aliphatic heterocycles. The second-order valence-electron chi connectivity index (χ2n) is 4.06. The Morgan fingerprint density at radius 1 is 1.54 bits per heavy atom. The summed E-state index contributed by atoms with van der Waals surface area (Å²) in [6.07, 6.45) is 2.17. The Morgan fingerprint density at radius 3 is 2.77 bits per heavy atom. The molecule has 0 aromatic heterocycles. The number of hydrogen-bond acceptors (Lipinski definition) is 2. The van der Waals surface area contributed by atoms with Crippen LogP contribution in [0.25, 0.3) is 0 Å². The van der Waals surface area contributed by atoms with Crippen LogP contribution in [0, 0.1) is 11.8 Å². The Hall–Kier alpha value is -0.730. The van der Waals surface area contributed by atoms with Crippen molar-refractivity contribution in [3.63, 3.8) is 0 Å². The molecule has 1 atom stereocenters. The molecule has 76 valence electrons. The van der Waals surface area contributed by atoms with Gasteiger partial charge in [-0.15, -0.1) is 0 Å². The fourth-order valence-corrected chi connectivity index (χ4v) is 1.85. The lowest BCUT2D eigenvalue weighted by Gasteiger charge is -2.33. The van der Waals surface area contributed by atoms with Crippen molar-refractivity contribution in [2.45, 2.75) is 26.7 Å². The van der Waals surface area contributed by atoms with E-state index in [4.69, 9.17) is 4.74 Å². The van der Waals surface area contributed by atoms with Crippen LogP contribution in [0.3, 0.4) is 0 Å². The first-order valence-electron chi connectivity index (χ1n) is 4.98. The molecule has 0 saturated carbocycles. The number of amides is 1. The predicted octanol–water partition coefficient (Wildman–Crippen LogP) is 2.12. The zero-order chi connectivity index (χ0) is 9.84. The molecule has 1 aliphatic rings. The minimum atomic E-state index is -0.176. The Morgan fingerprint density at radius 2 is 2.23 bits per heavy atom. The van der Waals surface area contributed by atoms with E-state index in [1.165, 1.54) is 13.5 Å². The van der Waals surface area contributed by atoms with Gasteiger partial charge >= 0.3 is 6.09 Å². The molecule has 3 heteroatoms. The van der Waals surface area contributed by atoms with Crippen LogP contribution in [0.15, 0.2) is 0 Å². The molecule has 3 nitrogen and oxygen atoms in total. The van der Waals surface area contributed by atoms with Crippen LogP contribution in [0.4, 0.5) is 4.79 Å². The number of carbonyl (C=O) groups excluding carboxylic acids is 1. The van der Waals surface area contributed by atoms with Crippen LogP contribution in [0.5, 0.6) is 0 Å². The maximum atomic E-state index is 11.2. The van der Waals surface area contributed by atoms with Crippen molar-refractivity contribution in [3.8, 4) is 0 Å². The summed E-state index contributed by atoms with van der Waals surface area (Å²) < 4.78 is 4.70. The molecule has 0 radical (unpaired) electrons. The maximum absolute atomic E-state index is 11.2. The molecular weight excluding hydrogens is 166 g/mol. The summed E-state index contributed by atoms with van der Waals surface area (Å²) in [5, 5.41) is 0. The van der Waals surface area contributed by atoms with Crippen molar-refractivity contribution in [2.24, 2.45) is 11.8 Å². The summed E-state index contributed by atoms with van der Waals surface area (Å²) in [5.41, 5.74) is 0. The number of hydrogen-bond donors (Lipinski definition) is 0. The molecule has 0 unspecified atom stereocenters. The quantitative estimate of drug-likeness (QED) is 0.626. The standard InChI is InChI=1S/C10H19NO2/c1-8(2)9-5-4-6-11(7-9)10(12)13-3/h8-9H,4-7H2,1-3H3/t9-/m1/s1. The summed E-state index contributed by atoms with van der Waals surface area (Å²) in [5.74, 6) is 1.31. The molecule has 0 spiro atoms. The molecule has 1 amide bonds. The molecule has 13 heavy (non-hydrogen) atoms. The van der Waals surface area contributed by atoms with E-state index < -0.39 is 0 Å². The van der Waals surface area contributed by atoms with Crippen LogP contribution >= 0.6 is 0 Å². The minimum absolute atomic E-state index is 0.176. The Bertz CT molecular complexity index is 180. The molecule has 1 rings (SSSR count). The molecule has 0 aliphatic carbocycles. The molecule has 1 saturated heterocycles. The summed E-state index contributed by atoms with van der Waals surface area (Å²) in [6.45, 7) is 6.15. The Labute approximate surface area is 80.1 Å². The highest BCUT2D eigenvalue weighted by molar-refractivity contribution is 5.67. The smallest absolute Gasteiger partial charge is 0.409 e. The van der Waals surface area contributed by atoms with Gasteiger partial charge in [0, 0.05) is 13.1 Å². The number of likely N-dealkylation sites (tertiary alicyclic amines) is 1. The van der Waals surface area contributed by atoms with Gasteiger partial charge in [-0.25, -0.2) is 4.79 Å². The molecule has 0 aromatic rings. The average molecular weight is 185 g/mol. The monoisotopic (exact) mass is 185 g/mol. The zero-order valence-corrected chi connectivity index (χ0v) is 8.75. The van der Waals surface area contributed by atoms with Crippen LogP contribution in [-0.2, 0) is 4.74 Å². The first-order chi connectivity index (χ1) is 6.15. The topological polar surface area (TPSA) is 29.5 Å². The van der Waals surface area contributed by atoms with Crippen molar-refractivity contribution in [3.05, 3.63) is 0 Å². The van der Waals surface area contributed by atoms with Crippen LogP contribution in [0.2, 0.25) is 0 Å². The first-order valence-corrected chi connectivity index (χ1v) is 4.98. The third-order valence-electron chi connectivity index (χ3n) is 2.83.